The van der Waals surface area contributed by atoms with Gasteiger partial charge in [0.25, 0.3) is 5.91 Å². The first-order chi connectivity index (χ1) is 8.59. The topological polar surface area (TPSA) is 32.3 Å². The van der Waals surface area contributed by atoms with Crippen LogP contribution in [0.5, 0.6) is 0 Å². The monoisotopic (exact) mass is 246 g/mol. The van der Waals surface area contributed by atoms with Gasteiger partial charge in [0.05, 0.1) is 0 Å². The lowest BCUT2D eigenvalue weighted by atomic mass is 9.86. The summed E-state index contributed by atoms with van der Waals surface area (Å²) in [5.74, 6) is 0.637. The van der Waals surface area contributed by atoms with Crippen LogP contribution in [0.4, 0.5) is 0 Å². The number of piperidine rings is 1. The zero-order valence-corrected chi connectivity index (χ0v) is 11.5. The number of carbonyl (C=O) groups is 1. The fourth-order valence-electron chi connectivity index (χ4n) is 2.59. The van der Waals surface area contributed by atoms with E-state index in [4.69, 9.17) is 0 Å². The second-order valence-corrected chi connectivity index (χ2v) is 5.31. The Hall–Kier alpha value is -1.35. The quantitative estimate of drug-likeness (QED) is 0.867. The summed E-state index contributed by atoms with van der Waals surface area (Å²) in [5, 5.41) is 3.37. The van der Waals surface area contributed by atoms with Crippen LogP contribution in [0.15, 0.2) is 18.2 Å². The van der Waals surface area contributed by atoms with Gasteiger partial charge in [-0.1, -0.05) is 17.7 Å². The van der Waals surface area contributed by atoms with Crippen LogP contribution in [0.3, 0.4) is 0 Å². The Balaban J connectivity index is 2.36. The highest BCUT2D eigenvalue weighted by atomic mass is 16.2. The van der Waals surface area contributed by atoms with Crippen molar-refractivity contribution in [2.75, 3.05) is 27.2 Å². The summed E-state index contributed by atoms with van der Waals surface area (Å²) in [5.41, 5.74) is 3.26. The van der Waals surface area contributed by atoms with E-state index in [9.17, 15) is 4.79 Å². The summed E-state index contributed by atoms with van der Waals surface area (Å²) >= 11 is 0. The zero-order chi connectivity index (χ0) is 13.1. The van der Waals surface area contributed by atoms with Crippen molar-refractivity contribution in [3.8, 4) is 0 Å². The van der Waals surface area contributed by atoms with Crippen molar-refractivity contribution in [1.29, 1.82) is 0 Å². The van der Waals surface area contributed by atoms with E-state index >= 15 is 0 Å². The summed E-state index contributed by atoms with van der Waals surface area (Å²) in [6.07, 6.45) is 2.24. The fraction of sp³-hybridized carbons (Fsp3) is 0.533. The molecule has 1 aliphatic rings. The Morgan fingerprint density at radius 2 is 1.94 bits per heavy atom. The number of amides is 1. The highest BCUT2D eigenvalue weighted by molar-refractivity contribution is 5.95. The number of aryl methyl sites for hydroxylation is 1. The predicted octanol–water partition coefficient (Wildman–Crippen LogP) is 2.16. The van der Waals surface area contributed by atoms with Crippen LogP contribution < -0.4 is 5.32 Å². The third-order valence-electron chi connectivity index (χ3n) is 3.62. The molecule has 98 valence electrons. The van der Waals surface area contributed by atoms with Crippen LogP contribution in [0.25, 0.3) is 0 Å². The fourth-order valence-corrected chi connectivity index (χ4v) is 2.59. The van der Waals surface area contributed by atoms with Crippen molar-refractivity contribution in [3.63, 3.8) is 0 Å². The molecule has 0 unspecified atom stereocenters. The Labute approximate surface area is 109 Å². The van der Waals surface area contributed by atoms with Crippen LogP contribution in [0.2, 0.25) is 0 Å². The molecule has 1 amide bonds. The average molecular weight is 246 g/mol. The Bertz CT molecular complexity index is 434. The molecule has 0 atom stereocenters. The zero-order valence-electron chi connectivity index (χ0n) is 11.5. The molecule has 0 spiro atoms. The molecule has 2 rings (SSSR count). The normalized spacial score (nSPS) is 16.6. The summed E-state index contributed by atoms with van der Waals surface area (Å²) in [6.45, 7) is 4.14. The number of hydrogen-bond donors (Lipinski definition) is 1. The van der Waals surface area contributed by atoms with Gasteiger partial charge in [-0.15, -0.1) is 0 Å². The van der Waals surface area contributed by atoms with Gasteiger partial charge in [0, 0.05) is 19.7 Å². The van der Waals surface area contributed by atoms with E-state index < -0.39 is 0 Å². The van der Waals surface area contributed by atoms with Crippen molar-refractivity contribution in [2.45, 2.75) is 25.7 Å². The molecule has 0 radical (unpaired) electrons. The van der Waals surface area contributed by atoms with Crippen LogP contribution in [-0.2, 0) is 0 Å². The highest BCUT2D eigenvalue weighted by Gasteiger charge is 2.22. The van der Waals surface area contributed by atoms with E-state index in [1.54, 1.807) is 4.90 Å². The minimum Gasteiger partial charge on any atom is -0.345 e. The van der Waals surface area contributed by atoms with Gasteiger partial charge in [-0.3, -0.25) is 4.79 Å². The van der Waals surface area contributed by atoms with Gasteiger partial charge in [0.1, 0.15) is 0 Å². The smallest absolute Gasteiger partial charge is 0.253 e. The average Bonchev–Trinajstić information content (AvgIpc) is 2.38. The minimum absolute atomic E-state index is 0.118. The van der Waals surface area contributed by atoms with Crippen molar-refractivity contribution < 1.29 is 4.79 Å². The standard InChI is InChI=1S/C15H22N2O/c1-11-4-5-13(12-6-8-16-9-7-12)14(10-11)15(18)17(2)3/h4-5,10,12,16H,6-9H2,1-3H3. The van der Waals surface area contributed by atoms with E-state index in [0.717, 1.165) is 37.1 Å². The SMILES string of the molecule is Cc1ccc(C2CCNCC2)c(C(=O)N(C)C)c1. The lowest BCUT2D eigenvalue weighted by Crippen LogP contribution is -2.29. The second-order valence-electron chi connectivity index (χ2n) is 5.31. The summed E-state index contributed by atoms with van der Waals surface area (Å²) in [6, 6.07) is 6.28. The van der Waals surface area contributed by atoms with Gasteiger partial charge in [-0.05, 0) is 50.4 Å². The first-order valence-electron chi connectivity index (χ1n) is 6.62. The van der Waals surface area contributed by atoms with Crippen LogP contribution in [0.1, 0.15) is 40.2 Å². The molecule has 1 heterocycles. The molecule has 3 heteroatoms. The molecule has 1 N–H and O–H groups in total. The molecule has 18 heavy (non-hydrogen) atoms. The van der Waals surface area contributed by atoms with Gasteiger partial charge < -0.3 is 10.2 Å². The Morgan fingerprint density at radius 3 is 2.56 bits per heavy atom. The molecule has 1 fully saturated rings. The largest absolute Gasteiger partial charge is 0.345 e. The Kier molecular flexibility index (Phi) is 4.02. The molecule has 1 aliphatic heterocycles. The van der Waals surface area contributed by atoms with E-state index in [0.29, 0.717) is 5.92 Å². The highest BCUT2D eigenvalue weighted by Crippen LogP contribution is 2.29. The molecular formula is C15H22N2O. The van der Waals surface area contributed by atoms with E-state index in [2.05, 4.69) is 17.4 Å². The van der Waals surface area contributed by atoms with Crippen LogP contribution in [-0.4, -0.2) is 38.0 Å². The number of nitrogens with zero attached hydrogens (tertiary/aromatic N) is 1. The van der Waals surface area contributed by atoms with Gasteiger partial charge in [-0.25, -0.2) is 0 Å². The van der Waals surface area contributed by atoms with Crippen LogP contribution in [0, 0.1) is 6.92 Å². The lowest BCUT2D eigenvalue weighted by molar-refractivity contribution is 0.0825. The lowest BCUT2D eigenvalue weighted by Gasteiger charge is -2.26. The van der Waals surface area contributed by atoms with Crippen molar-refractivity contribution in [2.24, 2.45) is 0 Å². The molecule has 0 aromatic heterocycles. The molecule has 0 aliphatic carbocycles. The molecule has 0 bridgehead atoms. The maximum atomic E-state index is 12.3. The minimum atomic E-state index is 0.118. The Morgan fingerprint density at radius 1 is 1.28 bits per heavy atom. The van der Waals surface area contributed by atoms with Crippen molar-refractivity contribution in [3.05, 3.63) is 34.9 Å². The van der Waals surface area contributed by atoms with E-state index in [-0.39, 0.29) is 5.91 Å². The van der Waals surface area contributed by atoms with Gasteiger partial charge in [0.15, 0.2) is 0 Å². The first-order valence-corrected chi connectivity index (χ1v) is 6.62. The summed E-state index contributed by atoms with van der Waals surface area (Å²) in [4.78, 5) is 13.9. The summed E-state index contributed by atoms with van der Waals surface area (Å²) < 4.78 is 0. The second kappa shape index (κ2) is 5.53. The van der Waals surface area contributed by atoms with Crippen LogP contribution >= 0.6 is 0 Å². The number of nitrogens with one attached hydrogen (secondary N) is 1. The third kappa shape index (κ3) is 2.72. The van der Waals surface area contributed by atoms with E-state index in [1.807, 2.05) is 27.1 Å². The summed E-state index contributed by atoms with van der Waals surface area (Å²) in [7, 11) is 3.63. The molecule has 0 saturated carbocycles. The molecule has 1 aromatic rings. The van der Waals surface area contributed by atoms with E-state index in [1.165, 1.54) is 5.56 Å². The number of hydrogen-bond acceptors (Lipinski definition) is 2. The maximum Gasteiger partial charge on any atom is 0.253 e. The van der Waals surface area contributed by atoms with Gasteiger partial charge in [0.2, 0.25) is 0 Å². The molecule has 1 saturated heterocycles. The molecular weight excluding hydrogens is 224 g/mol. The van der Waals surface area contributed by atoms with Crippen molar-refractivity contribution in [1.82, 2.24) is 10.2 Å². The third-order valence-corrected chi connectivity index (χ3v) is 3.62. The maximum absolute atomic E-state index is 12.3. The molecule has 1 aromatic carbocycles. The number of carbonyl (C=O) groups excluding carboxylic acids is 1. The first kappa shape index (κ1) is 13.1. The number of rotatable bonds is 2. The van der Waals surface area contributed by atoms with Gasteiger partial charge >= 0.3 is 0 Å². The number of benzene rings is 1. The predicted molar refractivity (Wildman–Crippen MR) is 74.0 cm³/mol. The van der Waals surface area contributed by atoms with Gasteiger partial charge in [-0.2, -0.15) is 0 Å². The molecule has 3 nitrogen and oxygen atoms in total. The van der Waals surface area contributed by atoms with Crippen molar-refractivity contribution >= 4 is 5.91 Å².